The summed E-state index contributed by atoms with van der Waals surface area (Å²) in [6.07, 6.45) is 1.74. The quantitative estimate of drug-likeness (QED) is 0.511. The number of hydrogen-bond donors (Lipinski definition) is 1. The van der Waals surface area contributed by atoms with E-state index in [0.717, 1.165) is 43.4 Å². The van der Waals surface area contributed by atoms with Gasteiger partial charge >= 0.3 is 6.03 Å². The number of fused-ring (bicyclic) bond motifs is 2. The molecular weight excluding hydrogens is 448 g/mol. The van der Waals surface area contributed by atoms with E-state index < -0.39 is 11.6 Å². The number of benzene rings is 3. The van der Waals surface area contributed by atoms with E-state index >= 15 is 0 Å². The summed E-state index contributed by atoms with van der Waals surface area (Å²) in [6.45, 7) is 4.77. The highest BCUT2D eigenvalue weighted by Gasteiger charge is 2.46. The van der Waals surface area contributed by atoms with Crippen LogP contribution in [0.25, 0.3) is 0 Å². The summed E-state index contributed by atoms with van der Waals surface area (Å²) in [6, 6.07) is 17.1. The predicted molar refractivity (Wildman–Crippen MR) is 133 cm³/mol. The molecule has 5 rings (SSSR count). The number of methoxy groups -OCH3 is 1. The Kier molecular flexibility index (Phi) is 6.19. The Labute approximate surface area is 204 Å². The maximum Gasteiger partial charge on any atom is 0.326 e. The largest absolute Gasteiger partial charge is 0.497 e. The number of carbonyl (C=O) groups is 1. The van der Waals surface area contributed by atoms with Gasteiger partial charge in [0.2, 0.25) is 0 Å². The number of halogens is 2. The minimum absolute atomic E-state index is 0.137. The summed E-state index contributed by atoms with van der Waals surface area (Å²) in [5.41, 5.74) is 4.53. The molecule has 35 heavy (non-hydrogen) atoms. The van der Waals surface area contributed by atoms with E-state index in [1.807, 2.05) is 41.3 Å². The third-order valence-electron chi connectivity index (χ3n) is 7.20. The lowest BCUT2D eigenvalue weighted by Gasteiger charge is -2.40. The number of nitrogens with zero attached hydrogens (tertiary/aromatic N) is 2. The number of carbonyl (C=O) groups excluding carboxylic acids is 1. The van der Waals surface area contributed by atoms with Crippen molar-refractivity contribution < 1.29 is 18.3 Å². The third kappa shape index (κ3) is 4.73. The molecule has 2 heterocycles. The van der Waals surface area contributed by atoms with Gasteiger partial charge in [0.05, 0.1) is 7.11 Å². The fourth-order valence-corrected chi connectivity index (χ4v) is 5.36. The molecular formula is C28H29F2N3O2. The SMILES string of the molecule is COc1ccc(NC(=O)N2CC3(CCN(Cc4cc(F)cc(F)c4)CC3)c3cc(C)ccc32)cc1. The van der Waals surface area contributed by atoms with E-state index in [4.69, 9.17) is 4.74 Å². The summed E-state index contributed by atoms with van der Waals surface area (Å²) in [5, 5.41) is 3.01. The molecule has 1 fully saturated rings. The highest BCUT2D eigenvalue weighted by molar-refractivity contribution is 6.03. The van der Waals surface area contributed by atoms with Crippen LogP contribution in [0.15, 0.2) is 60.7 Å². The summed E-state index contributed by atoms with van der Waals surface area (Å²) >= 11 is 0. The second kappa shape index (κ2) is 9.30. The molecule has 0 bridgehead atoms. The van der Waals surface area contributed by atoms with Gasteiger partial charge in [0, 0.05) is 35.9 Å². The van der Waals surface area contributed by atoms with Crippen LogP contribution in [-0.4, -0.2) is 37.7 Å². The Bertz CT molecular complexity index is 1220. The van der Waals surface area contributed by atoms with Crippen LogP contribution in [0.1, 0.15) is 29.5 Å². The molecule has 5 nitrogen and oxygen atoms in total. The first-order valence-corrected chi connectivity index (χ1v) is 11.9. The average molecular weight is 478 g/mol. The summed E-state index contributed by atoms with van der Waals surface area (Å²) < 4.78 is 32.5. The number of likely N-dealkylation sites (tertiary alicyclic amines) is 1. The smallest absolute Gasteiger partial charge is 0.326 e. The Balaban J connectivity index is 1.33. The van der Waals surface area contributed by atoms with Gasteiger partial charge in [-0.05, 0) is 86.4 Å². The van der Waals surface area contributed by atoms with Gasteiger partial charge in [-0.3, -0.25) is 9.80 Å². The first-order valence-electron chi connectivity index (χ1n) is 11.9. The Morgan fingerprint density at radius 3 is 2.34 bits per heavy atom. The topological polar surface area (TPSA) is 44.8 Å². The molecule has 0 atom stereocenters. The van der Waals surface area contributed by atoms with E-state index in [2.05, 4.69) is 23.2 Å². The standard InChI is InChI=1S/C28H29F2N3O2/c1-19-3-8-26-25(13-19)28(18-33(26)27(34)31-23-4-6-24(35-2)7-5-23)9-11-32(12-10-28)17-20-14-21(29)16-22(30)15-20/h3-8,13-16H,9-12,17-18H2,1-2H3,(H,31,34). The summed E-state index contributed by atoms with van der Waals surface area (Å²) in [4.78, 5) is 17.4. The molecule has 2 aliphatic heterocycles. The van der Waals surface area contributed by atoms with Crippen LogP contribution >= 0.6 is 0 Å². The summed E-state index contributed by atoms with van der Waals surface area (Å²) in [5.74, 6) is -0.365. The Morgan fingerprint density at radius 1 is 1.00 bits per heavy atom. The number of rotatable bonds is 4. The molecule has 1 saturated heterocycles. The number of aryl methyl sites for hydroxylation is 1. The lowest BCUT2D eigenvalue weighted by Crippen LogP contribution is -2.46. The van der Waals surface area contributed by atoms with Crippen molar-refractivity contribution in [3.8, 4) is 5.75 Å². The first-order chi connectivity index (χ1) is 16.8. The minimum atomic E-state index is -0.549. The molecule has 0 radical (unpaired) electrons. The van der Waals surface area contributed by atoms with Crippen LogP contribution in [0, 0.1) is 18.6 Å². The first kappa shape index (κ1) is 23.3. The normalized spacial score (nSPS) is 16.9. The number of ether oxygens (including phenoxy) is 1. The summed E-state index contributed by atoms with van der Waals surface area (Å²) in [7, 11) is 1.61. The molecule has 1 N–H and O–H groups in total. The van der Waals surface area contributed by atoms with Crippen LogP contribution in [0.4, 0.5) is 25.0 Å². The number of amides is 2. The Morgan fingerprint density at radius 2 is 1.69 bits per heavy atom. The van der Waals surface area contributed by atoms with Gasteiger partial charge in [-0.1, -0.05) is 17.7 Å². The number of hydrogen-bond acceptors (Lipinski definition) is 3. The molecule has 1 spiro atoms. The zero-order chi connectivity index (χ0) is 24.6. The van der Waals surface area contributed by atoms with Crippen LogP contribution in [0.5, 0.6) is 5.75 Å². The highest BCUT2D eigenvalue weighted by Crippen LogP contribution is 2.47. The number of nitrogens with one attached hydrogen (secondary N) is 1. The van der Waals surface area contributed by atoms with Crippen LogP contribution in [-0.2, 0) is 12.0 Å². The monoisotopic (exact) mass is 477 g/mol. The van der Waals surface area contributed by atoms with Crippen LogP contribution < -0.4 is 15.0 Å². The second-order valence-electron chi connectivity index (χ2n) is 9.60. The predicted octanol–water partition coefficient (Wildman–Crippen LogP) is 5.87. The van der Waals surface area contributed by atoms with Gasteiger partial charge in [0.15, 0.2) is 0 Å². The second-order valence-corrected chi connectivity index (χ2v) is 9.60. The van der Waals surface area contributed by atoms with Crippen LogP contribution in [0.3, 0.4) is 0 Å². The van der Waals surface area contributed by atoms with E-state index in [-0.39, 0.29) is 11.4 Å². The van der Waals surface area contributed by atoms with E-state index in [1.165, 1.54) is 23.3 Å². The van der Waals surface area contributed by atoms with Gasteiger partial charge < -0.3 is 10.1 Å². The number of urea groups is 1. The Hall–Kier alpha value is -3.45. The molecule has 0 aliphatic carbocycles. The van der Waals surface area contributed by atoms with Crippen molar-refractivity contribution in [1.29, 1.82) is 0 Å². The molecule has 0 unspecified atom stereocenters. The maximum atomic E-state index is 13.6. The van der Waals surface area contributed by atoms with E-state index in [1.54, 1.807) is 7.11 Å². The molecule has 3 aromatic carbocycles. The fourth-order valence-electron chi connectivity index (χ4n) is 5.36. The lowest BCUT2D eigenvalue weighted by molar-refractivity contribution is 0.159. The zero-order valence-electron chi connectivity index (χ0n) is 20.0. The average Bonchev–Trinajstić information content (AvgIpc) is 3.14. The van der Waals surface area contributed by atoms with Crippen molar-refractivity contribution in [2.75, 3.05) is 37.0 Å². The molecule has 0 saturated carbocycles. The van der Waals surface area contributed by atoms with Crippen molar-refractivity contribution in [3.63, 3.8) is 0 Å². The van der Waals surface area contributed by atoms with Crippen molar-refractivity contribution in [1.82, 2.24) is 4.90 Å². The highest BCUT2D eigenvalue weighted by atomic mass is 19.1. The van der Waals surface area contributed by atoms with Crippen molar-refractivity contribution in [2.24, 2.45) is 0 Å². The van der Waals surface area contributed by atoms with Crippen LogP contribution in [0.2, 0.25) is 0 Å². The molecule has 7 heteroatoms. The molecule has 2 amide bonds. The van der Waals surface area contributed by atoms with Crippen molar-refractivity contribution in [2.45, 2.75) is 31.7 Å². The van der Waals surface area contributed by atoms with Gasteiger partial charge in [0.25, 0.3) is 0 Å². The van der Waals surface area contributed by atoms with Crippen molar-refractivity contribution >= 4 is 17.4 Å². The van der Waals surface area contributed by atoms with Crippen molar-refractivity contribution in [3.05, 3.63) is 89.0 Å². The zero-order valence-corrected chi connectivity index (χ0v) is 20.0. The molecule has 0 aromatic heterocycles. The number of anilines is 2. The molecule has 2 aliphatic rings. The van der Waals surface area contributed by atoms with E-state index in [9.17, 15) is 13.6 Å². The van der Waals surface area contributed by atoms with Gasteiger partial charge in [-0.25, -0.2) is 13.6 Å². The maximum absolute atomic E-state index is 13.6. The third-order valence-corrected chi connectivity index (χ3v) is 7.20. The minimum Gasteiger partial charge on any atom is -0.497 e. The number of piperidine rings is 1. The lowest BCUT2D eigenvalue weighted by atomic mass is 9.74. The molecule has 3 aromatic rings. The fraction of sp³-hybridized carbons (Fsp3) is 0.321. The molecule has 182 valence electrons. The van der Waals surface area contributed by atoms with Gasteiger partial charge in [0.1, 0.15) is 17.4 Å². The van der Waals surface area contributed by atoms with E-state index in [0.29, 0.717) is 24.3 Å². The van der Waals surface area contributed by atoms with Gasteiger partial charge in [-0.2, -0.15) is 0 Å². The van der Waals surface area contributed by atoms with Gasteiger partial charge in [-0.15, -0.1) is 0 Å².